The quantitative estimate of drug-likeness (QED) is 0.684. The molecule has 0 saturated heterocycles. The molecule has 3 aliphatic rings. The molecule has 2 heterocycles. The second-order valence-electron chi connectivity index (χ2n) is 9.82. The van der Waals surface area contributed by atoms with Crippen LogP contribution in [0, 0.1) is 12.3 Å². The maximum Gasteiger partial charge on any atom is 0.252 e. The van der Waals surface area contributed by atoms with Gasteiger partial charge < -0.3 is 19.7 Å². The van der Waals surface area contributed by atoms with Crippen LogP contribution in [-0.4, -0.2) is 22.1 Å². The minimum atomic E-state index is -0.749. The Morgan fingerprint density at radius 1 is 1.00 bits per heavy atom. The summed E-state index contributed by atoms with van der Waals surface area (Å²) in [7, 11) is 0. The highest BCUT2D eigenvalue weighted by Crippen LogP contribution is 2.56. The van der Waals surface area contributed by atoms with Gasteiger partial charge in [0.2, 0.25) is 0 Å². The Labute approximate surface area is 161 Å². The number of hydrogen-bond donors (Lipinski definition) is 2. The summed E-state index contributed by atoms with van der Waals surface area (Å²) in [6.45, 7) is 12.6. The predicted octanol–water partition coefficient (Wildman–Crippen LogP) is 4.87. The molecular weight excluding hydrogens is 340 g/mol. The molecule has 0 saturated carbocycles. The third kappa shape index (κ3) is 2.85. The van der Waals surface area contributed by atoms with Crippen molar-refractivity contribution in [3.05, 3.63) is 46.2 Å². The molecule has 0 aromatic heterocycles. The number of phenols is 1. The van der Waals surface area contributed by atoms with E-state index in [1.54, 1.807) is 0 Å². The summed E-state index contributed by atoms with van der Waals surface area (Å²) >= 11 is 0. The van der Waals surface area contributed by atoms with Crippen molar-refractivity contribution >= 4 is 0 Å². The van der Waals surface area contributed by atoms with Crippen LogP contribution in [0.25, 0.3) is 0 Å². The molecule has 1 aromatic carbocycles. The number of aryl methyl sites for hydroxylation is 1. The Kier molecular flexibility index (Phi) is 3.78. The molecule has 4 nitrogen and oxygen atoms in total. The lowest BCUT2D eigenvalue weighted by molar-refractivity contribution is -0.205. The molecule has 2 aliphatic heterocycles. The van der Waals surface area contributed by atoms with Crippen molar-refractivity contribution in [2.75, 3.05) is 0 Å². The van der Waals surface area contributed by atoms with Gasteiger partial charge in [0.25, 0.3) is 5.79 Å². The summed E-state index contributed by atoms with van der Waals surface area (Å²) in [6, 6.07) is 3.75. The molecule has 0 amide bonds. The van der Waals surface area contributed by atoms with Crippen LogP contribution in [0.15, 0.2) is 35.1 Å². The summed E-state index contributed by atoms with van der Waals surface area (Å²) in [5.41, 5.74) is 3.58. The number of ether oxygens (including phenoxy) is 2. The normalized spacial score (nSPS) is 30.8. The number of hydrogen-bond acceptors (Lipinski definition) is 4. The van der Waals surface area contributed by atoms with E-state index in [9.17, 15) is 10.2 Å². The standard InChI is InChI=1S/C23H30O4/c1-13-7-19-15(9-17(13)24)21(3,4)11-23(26-19)12-22(5,6)16-10-18(25)14(2)8-20(16)27-23/h7-9,18,24-25H,10-12H2,1-6H3. The zero-order valence-corrected chi connectivity index (χ0v) is 17.1. The van der Waals surface area contributed by atoms with Gasteiger partial charge in [0.05, 0.1) is 6.10 Å². The Morgan fingerprint density at radius 2 is 1.67 bits per heavy atom. The fourth-order valence-electron chi connectivity index (χ4n) is 5.01. The average molecular weight is 370 g/mol. The van der Waals surface area contributed by atoms with E-state index in [0.717, 1.165) is 34.6 Å². The van der Waals surface area contributed by atoms with Crippen LogP contribution in [0.5, 0.6) is 11.5 Å². The first-order valence-corrected chi connectivity index (χ1v) is 9.75. The third-order valence-electron chi connectivity index (χ3n) is 6.44. The fourth-order valence-corrected chi connectivity index (χ4v) is 5.01. The number of aliphatic hydroxyl groups excluding tert-OH is 1. The molecule has 4 rings (SSSR count). The van der Waals surface area contributed by atoms with Crippen molar-refractivity contribution < 1.29 is 19.7 Å². The molecule has 27 heavy (non-hydrogen) atoms. The van der Waals surface area contributed by atoms with E-state index in [1.165, 1.54) is 5.57 Å². The van der Waals surface area contributed by atoms with Gasteiger partial charge in [-0.1, -0.05) is 27.7 Å². The van der Waals surface area contributed by atoms with Crippen molar-refractivity contribution in [3.63, 3.8) is 0 Å². The monoisotopic (exact) mass is 370 g/mol. The first-order valence-electron chi connectivity index (χ1n) is 9.75. The van der Waals surface area contributed by atoms with E-state index in [1.807, 2.05) is 32.1 Å². The minimum Gasteiger partial charge on any atom is -0.508 e. The smallest absolute Gasteiger partial charge is 0.252 e. The van der Waals surface area contributed by atoms with Gasteiger partial charge in [0.15, 0.2) is 0 Å². The molecular formula is C23H30O4. The van der Waals surface area contributed by atoms with Crippen molar-refractivity contribution in [1.29, 1.82) is 0 Å². The van der Waals surface area contributed by atoms with E-state index in [4.69, 9.17) is 9.47 Å². The van der Waals surface area contributed by atoms with Gasteiger partial charge in [-0.3, -0.25) is 0 Å². The van der Waals surface area contributed by atoms with Gasteiger partial charge >= 0.3 is 0 Å². The summed E-state index contributed by atoms with van der Waals surface area (Å²) in [6.07, 6.45) is 3.58. The Hall–Kier alpha value is -1.94. The molecule has 146 valence electrons. The minimum absolute atomic E-state index is 0.134. The number of aliphatic hydroxyl groups is 1. The number of allylic oxidation sites excluding steroid dienone is 1. The Bertz CT molecular complexity index is 875. The van der Waals surface area contributed by atoms with Gasteiger partial charge in [-0.05, 0) is 54.2 Å². The largest absolute Gasteiger partial charge is 0.508 e. The second-order valence-corrected chi connectivity index (χ2v) is 9.82. The highest BCUT2D eigenvalue weighted by atomic mass is 16.7. The molecule has 0 radical (unpaired) electrons. The lowest BCUT2D eigenvalue weighted by atomic mass is 9.67. The fraction of sp³-hybridized carbons (Fsp3) is 0.565. The Morgan fingerprint density at radius 3 is 2.37 bits per heavy atom. The maximum absolute atomic E-state index is 10.3. The number of benzene rings is 1. The van der Waals surface area contributed by atoms with Crippen LogP contribution >= 0.6 is 0 Å². The maximum atomic E-state index is 10.3. The first kappa shape index (κ1) is 18.4. The van der Waals surface area contributed by atoms with Gasteiger partial charge in [-0.25, -0.2) is 0 Å². The van der Waals surface area contributed by atoms with Gasteiger partial charge in [0.1, 0.15) is 17.3 Å². The molecule has 0 bridgehead atoms. The van der Waals surface area contributed by atoms with Crippen LogP contribution in [0.1, 0.15) is 65.0 Å². The number of phenolic OH excluding ortho intramolecular Hbond substituents is 1. The molecule has 1 aliphatic carbocycles. The van der Waals surface area contributed by atoms with Crippen LogP contribution in [-0.2, 0) is 10.2 Å². The highest BCUT2D eigenvalue weighted by Gasteiger charge is 2.54. The first-order chi connectivity index (χ1) is 12.4. The third-order valence-corrected chi connectivity index (χ3v) is 6.44. The van der Waals surface area contributed by atoms with Gasteiger partial charge in [-0.2, -0.15) is 0 Å². The number of rotatable bonds is 0. The molecule has 0 fully saturated rings. The lowest BCUT2D eigenvalue weighted by Crippen LogP contribution is -2.53. The molecule has 4 heteroatoms. The van der Waals surface area contributed by atoms with Crippen LogP contribution in [0.2, 0.25) is 0 Å². The number of aromatic hydroxyl groups is 1. The van der Waals surface area contributed by atoms with E-state index in [-0.39, 0.29) is 10.8 Å². The molecule has 2 unspecified atom stereocenters. The van der Waals surface area contributed by atoms with Crippen LogP contribution in [0.3, 0.4) is 0 Å². The number of fused-ring (bicyclic) bond motifs is 1. The van der Waals surface area contributed by atoms with Crippen LogP contribution in [0.4, 0.5) is 0 Å². The SMILES string of the molecule is CC1=CC2=C(CC1O)C(C)(C)CC1(CC(C)(C)c3cc(O)c(C)cc3O1)O2. The summed E-state index contributed by atoms with van der Waals surface area (Å²) < 4.78 is 13.1. The molecule has 1 spiro atoms. The van der Waals surface area contributed by atoms with Crippen LogP contribution < -0.4 is 4.74 Å². The van der Waals surface area contributed by atoms with Gasteiger partial charge in [0, 0.05) is 30.2 Å². The van der Waals surface area contributed by atoms with Crippen molar-refractivity contribution in [2.45, 2.75) is 78.1 Å². The summed E-state index contributed by atoms with van der Waals surface area (Å²) in [5.74, 6) is 1.19. The zero-order valence-electron chi connectivity index (χ0n) is 17.1. The topological polar surface area (TPSA) is 58.9 Å². The lowest BCUT2D eigenvalue weighted by Gasteiger charge is -2.52. The summed E-state index contributed by atoms with van der Waals surface area (Å²) in [5, 5.41) is 20.5. The van der Waals surface area contributed by atoms with E-state index < -0.39 is 11.9 Å². The van der Waals surface area contributed by atoms with E-state index in [0.29, 0.717) is 18.6 Å². The molecule has 1 aromatic rings. The summed E-state index contributed by atoms with van der Waals surface area (Å²) in [4.78, 5) is 0. The van der Waals surface area contributed by atoms with Crippen molar-refractivity contribution in [3.8, 4) is 11.5 Å². The predicted molar refractivity (Wildman–Crippen MR) is 105 cm³/mol. The Balaban J connectivity index is 1.80. The molecule has 2 atom stereocenters. The second kappa shape index (κ2) is 5.54. The van der Waals surface area contributed by atoms with Gasteiger partial charge in [-0.15, -0.1) is 0 Å². The van der Waals surface area contributed by atoms with E-state index >= 15 is 0 Å². The molecule has 2 N–H and O–H groups in total. The highest BCUT2D eigenvalue weighted by molar-refractivity contribution is 5.50. The zero-order chi connectivity index (χ0) is 19.8. The average Bonchev–Trinajstić information content (AvgIpc) is 2.50. The van der Waals surface area contributed by atoms with E-state index in [2.05, 4.69) is 27.7 Å². The van der Waals surface area contributed by atoms with Crippen molar-refractivity contribution in [2.24, 2.45) is 5.41 Å². The van der Waals surface area contributed by atoms with Crippen molar-refractivity contribution in [1.82, 2.24) is 0 Å².